The van der Waals surface area contributed by atoms with E-state index >= 15 is 0 Å². The molecule has 0 aromatic carbocycles. The summed E-state index contributed by atoms with van der Waals surface area (Å²) in [6.07, 6.45) is -0.491. The van der Waals surface area contributed by atoms with Gasteiger partial charge in [0.15, 0.2) is 16.7 Å². The van der Waals surface area contributed by atoms with E-state index in [-0.39, 0.29) is 29.1 Å². The molecule has 0 bridgehead atoms. The maximum absolute atomic E-state index is 12.3. The number of piperidine rings is 1. The Hall–Kier alpha value is -2.32. The molecule has 1 saturated heterocycles. The molecule has 128 valence electrons. The fraction of sp³-hybridized carbons (Fsp3) is 0.400. The molecule has 2 atom stereocenters. The molecule has 1 aliphatic rings. The van der Waals surface area contributed by atoms with Crippen LogP contribution >= 0.6 is 11.6 Å². The third kappa shape index (κ3) is 3.44. The van der Waals surface area contributed by atoms with Crippen LogP contribution in [0.15, 0.2) is 27.1 Å². The molecule has 1 aliphatic heterocycles. The van der Waals surface area contributed by atoms with Gasteiger partial charge in [-0.2, -0.15) is 0 Å². The first-order chi connectivity index (χ1) is 11.4. The topological polar surface area (TPSA) is 109 Å². The quantitative estimate of drug-likeness (QED) is 0.859. The number of likely N-dealkylation sites (tertiary alicyclic amines) is 1. The maximum atomic E-state index is 12.3. The average molecular weight is 354 g/mol. The molecule has 0 unspecified atom stereocenters. The van der Waals surface area contributed by atoms with Gasteiger partial charge in [0.25, 0.3) is 11.8 Å². The Labute approximate surface area is 142 Å². The van der Waals surface area contributed by atoms with Crippen LogP contribution in [0.25, 0.3) is 0 Å². The van der Waals surface area contributed by atoms with E-state index in [0.29, 0.717) is 18.7 Å². The van der Waals surface area contributed by atoms with Gasteiger partial charge in [-0.3, -0.25) is 9.59 Å². The van der Waals surface area contributed by atoms with E-state index in [1.165, 1.54) is 23.1 Å². The zero-order chi connectivity index (χ0) is 17.3. The number of nitrogens with zero attached hydrogens (tertiary/aromatic N) is 2. The fourth-order valence-corrected chi connectivity index (χ4v) is 2.73. The molecule has 9 heteroatoms. The molecular formula is C15H16ClN3O5. The van der Waals surface area contributed by atoms with Crippen molar-refractivity contribution in [3.8, 4) is 0 Å². The van der Waals surface area contributed by atoms with Crippen molar-refractivity contribution in [1.29, 1.82) is 0 Å². The maximum Gasteiger partial charge on any atom is 0.289 e. The molecule has 3 heterocycles. The molecule has 0 saturated carbocycles. The number of hydrogen-bond acceptors (Lipinski definition) is 6. The molecule has 0 aliphatic carbocycles. The number of carbonyl (C=O) groups is 2. The van der Waals surface area contributed by atoms with Crippen molar-refractivity contribution in [3.63, 3.8) is 0 Å². The number of aliphatic hydroxyl groups excluding tert-OH is 1. The van der Waals surface area contributed by atoms with Gasteiger partial charge in [-0.05, 0) is 37.1 Å². The number of aryl methyl sites for hydroxylation is 1. The van der Waals surface area contributed by atoms with Crippen LogP contribution in [0.4, 0.5) is 0 Å². The van der Waals surface area contributed by atoms with E-state index in [1.54, 1.807) is 6.92 Å². The summed E-state index contributed by atoms with van der Waals surface area (Å²) < 4.78 is 9.94. The van der Waals surface area contributed by atoms with E-state index in [4.69, 9.17) is 20.5 Å². The van der Waals surface area contributed by atoms with E-state index in [0.717, 1.165) is 0 Å². The first-order valence-electron chi connectivity index (χ1n) is 7.41. The normalized spacial score (nSPS) is 20.9. The minimum Gasteiger partial charge on any atom is -0.440 e. The summed E-state index contributed by atoms with van der Waals surface area (Å²) in [6.45, 7) is 2.14. The molecule has 1 fully saturated rings. The first-order valence-corrected chi connectivity index (χ1v) is 7.78. The summed E-state index contributed by atoms with van der Waals surface area (Å²) in [5, 5.41) is 16.7. The van der Waals surface area contributed by atoms with Gasteiger partial charge in [-0.25, -0.2) is 0 Å². The first kappa shape index (κ1) is 16.5. The van der Waals surface area contributed by atoms with Crippen LogP contribution in [0.3, 0.4) is 0 Å². The second-order valence-electron chi connectivity index (χ2n) is 5.61. The second-order valence-corrected chi connectivity index (χ2v) is 5.99. The molecule has 0 radical (unpaired) electrons. The van der Waals surface area contributed by atoms with Crippen molar-refractivity contribution < 1.29 is 23.6 Å². The highest BCUT2D eigenvalue weighted by Gasteiger charge is 2.33. The van der Waals surface area contributed by atoms with Crippen LogP contribution in [0.5, 0.6) is 0 Å². The van der Waals surface area contributed by atoms with Crippen LogP contribution in [-0.4, -0.2) is 52.2 Å². The molecule has 3 rings (SSSR count). The molecular weight excluding hydrogens is 338 g/mol. The van der Waals surface area contributed by atoms with E-state index < -0.39 is 18.1 Å². The molecule has 24 heavy (non-hydrogen) atoms. The zero-order valence-electron chi connectivity index (χ0n) is 12.9. The molecule has 2 amide bonds. The Morgan fingerprint density at radius 3 is 2.83 bits per heavy atom. The van der Waals surface area contributed by atoms with Crippen molar-refractivity contribution in [2.75, 3.05) is 13.1 Å². The van der Waals surface area contributed by atoms with Gasteiger partial charge < -0.3 is 24.3 Å². The number of carbonyl (C=O) groups excluding carboxylic acids is 2. The summed E-state index contributed by atoms with van der Waals surface area (Å²) >= 11 is 5.66. The molecule has 0 spiro atoms. The van der Waals surface area contributed by atoms with Crippen LogP contribution in [0, 0.1) is 6.92 Å². The highest BCUT2D eigenvalue weighted by atomic mass is 35.5. The van der Waals surface area contributed by atoms with Gasteiger partial charge >= 0.3 is 0 Å². The number of halogens is 1. The standard InChI is InChI=1S/C15H16ClN3O5/c1-8-6-10(18-24-8)14(21)17-9-4-5-19(7-11(9)20)15(22)12-2-3-13(16)23-12/h2-3,6,9,11,20H,4-5,7H2,1H3,(H,17,21)/t9-,11-/m1/s1. The van der Waals surface area contributed by atoms with Crippen molar-refractivity contribution >= 4 is 23.4 Å². The number of hydrogen-bond donors (Lipinski definition) is 2. The van der Waals surface area contributed by atoms with Crippen molar-refractivity contribution in [1.82, 2.24) is 15.4 Å². The SMILES string of the molecule is Cc1cc(C(=O)N[C@@H]2CCN(C(=O)c3ccc(Cl)o3)C[C@H]2O)no1. The van der Waals surface area contributed by atoms with Crippen molar-refractivity contribution in [2.24, 2.45) is 0 Å². The van der Waals surface area contributed by atoms with Gasteiger partial charge in [0.1, 0.15) is 5.76 Å². The lowest BCUT2D eigenvalue weighted by atomic mass is 10.0. The Morgan fingerprint density at radius 1 is 1.46 bits per heavy atom. The van der Waals surface area contributed by atoms with Gasteiger partial charge in [0, 0.05) is 19.2 Å². The Kier molecular flexibility index (Phi) is 4.59. The minimum absolute atomic E-state index is 0.0833. The number of aromatic nitrogens is 1. The number of nitrogens with one attached hydrogen (secondary N) is 1. The molecule has 8 nitrogen and oxygen atoms in total. The van der Waals surface area contributed by atoms with Crippen LogP contribution in [0.1, 0.15) is 33.2 Å². The lowest BCUT2D eigenvalue weighted by Gasteiger charge is -2.35. The predicted molar refractivity (Wildman–Crippen MR) is 82.7 cm³/mol. The fourth-order valence-electron chi connectivity index (χ4n) is 2.59. The van der Waals surface area contributed by atoms with Crippen LogP contribution in [0.2, 0.25) is 5.22 Å². The molecule has 2 aromatic rings. The zero-order valence-corrected chi connectivity index (χ0v) is 13.6. The number of aliphatic hydroxyl groups is 1. The average Bonchev–Trinajstić information content (AvgIpc) is 3.17. The lowest BCUT2D eigenvalue weighted by Crippen LogP contribution is -2.55. The third-order valence-electron chi connectivity index (χ3n) is 3.83. The Balaban J connectivity index is 1.59. The van der Waals surface area contributed by atoms with Gasteiger partial charge in [-0.1, -0.05) is 5.16 Å². The molecule has 2 N–H and O–H groups in total. The summed E-state index contributed by atoms with van der Waals surface area (Å²) in [5.41, 5.74) is 0.156. The molecule has 2 aromatic heterocycles. The third-order valence-corrected chi connectivity index (χ3v) is 4.03. The number of rotatable bonds is 3. The Morgan fingerprint density at radius 2 is 2.25 bits per heavy atom. The highest BCUT2D eigenvalue weighted by Crippen LogP contribution is 2.19. The number of furan rings is 1. The summed E-state index contributed by atoms with van der Waals surface area (Å²) in [4.78, 5) is 25.8. The largest absolute Gasteiger partial charge is 0.440 e. The monoisotopic (exact) mass is 353 g/mol. The minimum atomic E-state index is -0.898. The van der Waals surface area contributed by atoms with E-state index in [9.17, 15) is 14.7 Å². The van der Waals surface area contributed by atoms with Gasteiger partial charge in [0.05, 0.1) is 12.1 Å². The lowest BCUT2D eigenvalue weighted by molar-refractivity contribution is 0.0295. The predicted octanol–water partition coefficient (Wildman–Crippen LogP) is 1.23. The smallest absolute Gasteiger partial charge is 0.289 e. The number of amides is 2. The summed E-state index contributed by atoms with van der Waals surface area (Å²) in [7, 11) is 0. The van der Waals surface area contributed by atoms with Crippen LogP contribution in [-0.2, 0) is 0 Å². The highest BCUT2D eigenvalue weighted by molar-refractivity contribution is 6.29. The second kappa shape index (κ2) is 6.66. The van der Waals surface area contributed by atoms with Crippen LogP contribution < -0.4 is 5.32 Å². The van der Waals surface area contributed by atoms with Crippen molar-refractivity contribution in [2.45, 2.75) is 25.5 Å². The summed E-state index contributed by atoms with van der Waals surface area (Å²) in [6, 6.07) is 4.01. The Bertz CT molecular complexity index is 756. The van der Waals surface area contributed by atoms with E-state index in [2.05, 4.69) is 10.5 Å². The summed E-state index contributed by atoms with van der Waals surface area (Å²) in [5.74, 6) is -0.127. The van der Waals surface area contributed by atoms with Crippen molar-refractivity contribution in [3.05, 3.63) is 40.6 Å². The van der Waals surface area contributed by atoms with E-state index in [1.807, 2.05) is 0 Å². The number of β-amino-alcohol motifs (C(OH)–C–C–N with tert-alkyl or cyclic N) is 1. The van der Waals surface area contributed by atoms with Gasteiger partial charge in [0.2, 0.25) is 0 Å². The van der Waals surface area contributed by atoms with Gasteiger partial charge in [-0.15, -0.1) is 0 Å².